The highest BCUT2D eigenvalue weighted by Gasteiger charge is 2.63. The van der Waals surface area contributed by atoms with Gasteiger partial charge in [-0.05, 0) is 37.8 Å². The van der Waals surface area contributed by atoms with Gasteiger partial charge in [0.15, 0.2) is 0 Å². The fourth-order valence-corrected chi connectivity index (χ4v) is 3.34. The van der Waals surface area contributed by atoms with Crippen LogP contribution in [0.15, 0.2) is 18.2 Å². The number of hydrogen-bond donors (Lipinski definition) is 1. The Morgan fingerprint density at radius 2 is 1.94 bits per heavy atom. The molecule has 0 atom stereocenters. The van der Waals surface area contributed by atoms with Crippen LogP contribution in [-0.2, 0) is 10.2 Å². The van der Waals surface area contributed by atoms with Crippen molar-refractivity contribution in [2.75, 3.05) is 19.8 Å². The highest BCUT2D eigenvalue weighted by Crippen LogP contribution is 2.62. The molecule has 2 fully saturated rings. The average molecular weight is 232 g/mol. The van der Waals surface area contributed by atoms with E-state index >= 15 is 0 Å². The summed E-state index contributed by atoms with van der Waals surface area (Å²) in [6.07, 6.45) is 2.28. The Hall–Kier alpha value is -0.860. The Labute approximate surface area is 103 Å². The van der Waals surface area contributed by atoms with Crippen molar-refractivity contribution in [2.24, 2.45) is 5.41 Å². The normalized spacial score (nSPS) is 24.2. The monoisotopic (exact) mass is 232 g/mol. The highest BCUT2D eigenvalue weighted by atomic mass is 16.5. The Balaban J connectivity index is 2.06. The summed E-state index contributed by atoms with van der Waals surface area (Å²) >= 11 is 0. The van der Waals surface area contributed by atoms with Crippen LogP contribution >= 0.6 is 0 Å². The molecule has 3 rings (SSSR count). The third-order valence-electron chi connectivity index (χ3n) is 4.77. The second-order valence-electron chi connectivity index (χ2n) is 5.83. The lowest BCUT2D eigenvalue weighted by Crippen LogP contribution is -2.55. The van der Waals surface area contributed by atoms with Crippen LogP contribution in [0.25, 0.3) is 0 Å². The summed E-state index contributed by atoms with van der Waals surface area (Å²) in [7, 11) is 0. The molecule has 1 saturated heterocycles. The molecule has 1 aromatic carbocycles. The summed E-state index contributed by atoms with van der Waals surface area (Å²) < 4.78 is 5.49. The fraction of sp³-hybridized carbons (Fsp3) is 0.600. The molecule has 1 saturated carbocycles. The largest absolute Gasteiger partial charge is 0.396 e. The van der Waals surface area contributed by atoms with Gasteiger partial charge in [-0.15, -0.1) is 0 Å². The zero-order valence-electron chi connectivity index (χ0n) is 10.6. The number of ether oxygens (including phenoxy) is 1. The molecule has 1 aliphatic heterocycles. The minimum Gasteiger partial charge on any atom is -0.396 e. The Kier molecular flexibility index (Phi) is 2.36. The first kappa shape index (κ1) is 11.2. The molecule has 0 unspecified atom stereocenters. The molecule has 17 heavy (non-hydrogen) atoms. The van der Waals surface area contributed by atoms with Crippen molar-refractivity contribution in [1.82, 2.24) is 0 Å². The molecule has 0 aromatic heterocycles. The van der Waals surface area contributed by atoms with Crippen molar-refractivity contribution in [3.05, 3.63) is 34.9 Å². The van der Waals surface area contributed by atoms with E-state index < -0.39 is 0 Å². The number of aliphatic hydroxyl groups is 1. The molecule has 92 valence electrons. The van der Waals surface area contributed by atoms with Gasteiger partial charge >= 0.3 is 0 Å². The second kappa shape index (κ2) is 3.56. The van der Waals surface area contributed by atoms with Gasteiger partial charge < -0.3 is 9.84 Å². The highest BCUT2D eigenvalue weighted by molar-refractivity contribution is 5.42. The number of rotatable bonds is 3. The van der Waals surface area contributed by atoms with Crippen LogP contribution in [0, 0.1) is 19.3 Å². The molecular weight excluding hydrogens is 212 g/mol. The topological polar surface area (TPSA) is 29.5 Å². The smallest absolute Gasteiger partial charge is 0.0592 e. The number of aliphatic hydroxyl groups excluding tert-OH is 1. The Bertz CT molecular complexity index is 442. The molecule has 0 bridgehead atoms. The minimum absolute atomic E-state index is 0.0829. The van der Waals surface area contributed by atoms with Gasteiger partial charge in [-0.1, -0.05) is 23.8 Å². The molecule has 1 N–H and O–H groups in total. The van der Waals surface area contributed by atoms with Crippen molar-refractivity contribution in [3.63, 3.8) is 0 Å². The average Bonchev–Trinajstić information content (AvgIpc) is 3.01. The quantitative estimate of drug-likeness (QED) is 0.866. The van der Waals surface area contributed by atoms with Gasteiger partial charge in [0, 0.05) is 12.0 Å². The van der Waals surface area contributed by atoms with E-state index in [9.17, 15) is 5.11 Å². The van der Waals surface area contributed by atoms with Crippen LogP contribution < -0.4 is 0 Å². The first-order valence-electron chi connectivity index (χ1n) is 6.40. The lowest BCUT2D eigenvalue weighted by molar-refractivity contribution is -0.110. The van der Waals surface area contributed by atoms with E-state index in [0.717, 1.165) is 26.1 Å². The van der Waals surface area contributed by atoms with Crippen LogP contribution in [0.4, 0.5) is 0 Å². The van der Waals surface area contributed by atoms with Gasteiger partial charge in [0.05, 0.1) is 18.6 Å². The zero-order chi connectivity index (χ0) is 12.1. The standard InChI is InChI=1S/C15H20O2/c1-11-3-4-13(12(2)7-11)15(9-17-10-15)14(8-16)5-6-14/h3-4,7,16H,5-6,8-10H2,1-2H3. The summed E-state index contributed by atoms with van der Waals surface area (Å²) in [5, 5.41) is 9.71. The summed E-state index contributed by atoms with van der Waals surface area (Å²) in [5.41, 5.74) is 4.22. The molecular formula is C15H20O2. The van der Waals surface area contributed by atoms with E-state index in [2.05, 4.69) is 32.0 Å². The van der Waals surface area contributed by atoms with Crippen LogP contribution in [-0.4, -0.2) is 24.9 Å². The molecule has 0 radical (unpaired) electrons. The van der Waals surface area contributed by atoms with Gasteiger partial charge in [0.2, 0.25) is 0 Å². The van der Waals surface area contributed by atoms with Crippen LogP contribution in [0.3, 0.4) is 0 Å². The van der Waals surface area contributed by atoms with Gasteiger partial charge in [-0.2, -0.15) is 0 Å². The molecule has 0 amide bonds. The van der Waals surface area contributed by atoms with E-state index in [1.165, 1.54) is 16.7 Å². The number of benzene rings is 1. The summed E-state index contributed by atoms with van der Waals surface area (Å²) in [5.74, 6) is 0. The molecule has 1 aliphatic carbocycles. The van der Waals surface area contributed by atoms with Crippen molar-refractivity contribution in [2.45, 2.75) is 32.1 Å². The van der Waals surface area contributed by atoms with E-state index in [-0.39, 0.29) is 10.8 Å². The molecule has 1 aromatic rings. The first-order chi connectivity index (χ1) is 8.13. The van der Waals surface area contributed by atoms with E-state index in [4.69, 9.17) is 4.74 Å². The van der Waals surface area contributed by atoms with Crippen molar-refractivity contribution in [1.29, 1.82) is 0 Å². The van der Waals surface area contributed by atoms with E-state index in [1.54, 1.807) is 0 Å². The van der Waals surface area contributed by atoms with Crippen LogP contribution in [0.2, 0.25) is 0 Å². The molecule has 2 aliphatic rings. The van der Waals surface area contributed by atoms with E-state index in [1.807, 2.05) is 0 Å². The number of aryl methyl sites for hydroxylation is 2. The third-order valence-corrected chi connectivity index (χ3v) is 4.77. The second-order valence-corrected chi connectivity index (χ2v) is 5.83. The van der Waals surface area contributed by atoms with E-state index in [0.29, 0.717) is 6.61 Å². The molecule has 1 heterocycles. The lowest BCUT2D eigenvalue weighted by Gasteiger charge is -2.48. The predicted octanol–water partition coefficient (Wildman–Crippen LogP) is 2.34. The third kappa shape index (κ3) is 1.40. The van der Waals surface area contributed by atoms with Crippen molar-refractivity contribution < 1.29 is 9.84 Å². The predicted molar refractivity (Wildman–Crippen MR) is 67.2 cm³/mol. The molecule has 2 heteroatoms. The van der Waals surface area contributed by atoms with Crippen LogP contribution in [0.1, 0.15) is 29.5 Å². The zero-order valence-corrected chi connectivity index (χ0v) is 10.6. The molecule has 2 nitrogen and oxygen atoms in total. The maximum absolute atomic E-state index is 9.71. The summed E-state index contributed by atoms with van der Waals surface area (Å²) in [6, 6.07) is 6.65. The maximum atomic E-state index is 9.71. The SMILES string of the molecule is Cc1ccc(C2(C3(CO)CC3)COC2)c(C)c1. The minimum atomic E-state index is 0.0829. The van der Waals surface area contributed by atoms with Gasteiger partial charge in [-0.3, -0.25) is 0 Å². The summed E-state index contributed by atoms with van der Waals surface area (Å²) in [4.78, 5) is 0. The fourth-order valence-electron chi connectivity index (χ4n) is 3.34. The Morgan fingerprint density at radius 1 is 1.24 bits per heavy atom. The first-order valence-corrected chi connectivity index (χ1v) is 6.40. The van der Waals surface area contributed by atoms with Gasteiger partial charge in [0.25, 0.3) is 0 Å². The van der Waals surface area contributed by atoms with Gasteiger partial charge in [0.1, 0.15) is 0 Å². The lowest BCUT2D eigenvalue weighted by atomic mass is 9.65. The van der Waals surface area contributed by atoms with Gasteiger partial charge in [-0.25, -0.2) is 0 Å². The van der Waals surface area contributed by atoms with Crippen molar-refractivity contribution in [3.8, 4) is 0 Å². The molecule has 0 spiro atoms. The Morgan fingerprint density at radius 3 is 2.35 bits per heavy atom. The number of hydrogen-bond acceptors (Lipinski definition) is 2. The maximum Gasteiger partial charge on any atom is 0.0592 e. The van der Waals surface area contributed by atoms with Crippen molar-refractivity contribution >= 4 is 0 Å². The van der Waals surface area contributed by atoms with Crippen LogP contribution in [0.5, 0.6) is 0 Å². The summed E-state index contributed by atoms with van der Waals surface area (Å²) in [6.45, 7) is 6.15.